The number of hydrogen-bond acceptors (Lipinski definition) is 4. The number of hydrogen-bond donors (Lipinski definition) is 1. The number of nitrogens with zero attached hydrogens (tertiary/aromatic N) is 1. The highest BCUT2D eigenvalue weighted by Crippen LogP contribution is 2.26. The molecule has 6 nitrogen and oxygen atoms in total. The largest absolute Gasteiger partial charge is 0.493 e. The molecule has 0 radical (unpaired) electrons. The molecule has 0 bridgehead atoms. The Kier molecular flexibility index (Phi) is 8.48. The number of rotatable bonds is 9. The molecule has 2 aromatic carbocycles. The number of carbonyl (C=O) groups is 2. The minimum Gasteiger partial charge on any atom is -0.493 e. The lowest BCUT2D eigenvalue weighted by molar-refractivity contribution is -0.142. The lowest BCUT2D eigenvalue weighted by Gasteiger charge is -2.31. The van der Waals surface area contributed by atoms with E-state index in [4.69, 9.17) is 9.47 Å². The molecule has 0 saturated heterocycles. The second-order valence-corrected chi connectivity index (χ2v) is 8.11. The molecule has 0 heterocycles. The zero-order valence-electron chi connectivity index (χ0n) is 18.7. The Balaban J connectivity index is 1.71. The fourth-order valence-electron chi connectivity index (χ4n) is 3.90. The average Bonchev–Trinajstić information content (AvgIpc) is 2.82. The van der Waals surface area contributed by atoms with Crippen LogP contribution in [0.5, 0.6) is 11.5 Å². The highest BCUT2D eigenvalue weighted by Gasteiger charge is 2.28. The third kappa shape index (κ3) is 6.45. The molecule has 1 fully saturated rings. The summed E-state index contributed by atoms with van der Waals surface area (Å²) in [4.78, 5) is 27.6. The van der Waals surface area contributed by atoms with Crippen LogP contribution in [0, 0.1) is 5.82 Å². The third-order valence-corrected chi connectivity index (χ3v) is 5.81. The number of nitrogens with one attached hydrogen (secondary N) is 1. The van der Waals surface area contributed by atoms with Gasteiger partial charge in [-0.25, -0.2) is 4.39 Å². The van der Waals surface area contributed by atoms with Gasteiger partial charge in [0, 0.05) is 12.6 Å². The molecule has 0 aromatic heterocycles. The van der Waals surface area contributed by atoms with Gasteiger partial charge in [-0.2, -0.15) is 0 Å². The zero-order valence-corrected chi connectivity index (χ0v) is 18.7. The van der Waals surface area contributed by atoms with Crippen molar-refractivity contribution in [3.05, 3.63) is 59.9 Å². The molecule has 7 heteroatoms. The minimum absolute atomic E-state index is 0.145. The van der Waals surface area contributed by atoms with Crippen molar-refractivity contribution < 1.29 is 23.5 Å². The van der Waals surface area contributed by atoms with Gasteiger partial charge in [0.2, 0.25) is 5.91 Å². The molecule has 1 aliphatic carbocycles. The van der Waals surface area contributed by atoms with Gasteiger partial charge in [0.25, 0.3) is 5.91 Å². The van der Waals surface area contributed by atoms with Gasteiger partial charge < -0.3 is 19.7 Å². The first-order valence-corrected chi connectivity index (χ1v) is 11.1. The Labute approximate surface area is 188 Å². The Morgan fingerprint density at radius 3 is 2.38 bits per heavy atom. The maximum Gasteiger partial charge on any atom is 0.261 e. The zero-order chi connectivity index (χ0) is 22.9. The summed E-state index contributed by atoms with van der Waals surface area (Å²) in [5, 5.41) is 3.09. The standard InChI is InChI=1S/C25H31FN2O4/c1-18(25(30)27-21-8-4-3-5-9-21)28(16-19-12-14-20(26)15-13-19)24(29)17-32-23-11-7-6-10-22(23)31-2/h6-7,10-15,18,21H,3-5,8-9,16-17H2,1-2H3,(H,27,30)/t18-/m1/s1. The van der Waals surface area contributed by atoms with E-state index in [-0.39, 0.29) is 36.8 Å². The molecule has 1 atom stereocenters. The number of ether oxygens (including phenoxy) is 2. The first-order valence-electron chi connectivity index (χ1n) is 11.1. The Morgan fingerprint density at radius 1 is 1.06 bits per heavy atom. The van der Waals surface area contributed by atoms with Crippen molar-refractivity contribution in [2.45, 2.75) is 57.7 Å². The van der Waals surface area contributed by atoms with Crippen molar-refractivity contribution in [1.82, 2.24) is 10.2 Å². The third-order valence-electron chi connectivity index (χ3n) is 5.81. The smallest absolute Gasteiger partial charge is 0.261 e. The number of para-hydroxylation sites is 2. The molecular formula is C25H31FN2O4. The molecule has 32 heavy (non-hydrogen) atoms. The molecule has 1 N–H and O–H groups in total. The molecule has 0 spiro atoms. The molecule has 1 aliphatic rings. The van der Waals surface area contributed by atoms with Crippen molar-refractivity contribution in [3.8, 4) is 11.5 Å². The second kappa shape index (κ2) is 11.5. The van der Waals surface area contributed by atoms with Crippen molar-refractivity contribution in [2.24, 2.45) is 0 Å². The predicted molar refractivity (Wildman–Crippen MR) is 120 cm³/mol. The van der Waals surface area contributed by atoms with Crippen LogP contribution in [0.3, 0.4) is 0 Å². The topological polar surface area (TPSA) is 67.9 Å². The maximum absolute atomic E-state index is 13.3. The van der Waals surface area contributed by atoms with Gasteiger partial charge in [0.1, 0.15) is 11.9 Å². The number of halogens is 1. The summed E-state index contributed by atoms with van der Waals surface area (Å²) < 4.78 is 24.3. The van der Waals surface area contributed by atoms with E-state index in [9.17, 15) is 14.0 Å². The second-order valence-electron chi connectivity index (χ2n) is 8.11. The number of carbonyl (C=O) groups excluding carboxylic acids is 2. The number of methoxy groups -OCH3 is 1. The summed E-state index contributed by atoms with van der Waals surface area (Å²) in [7, 11) is 1.53. The van der Waals surface area contributed by atoms with Crippen molar-refractivity contribution in [2.75, 3.05) is 13.7 Å². The summed E-state index contributed by atoms with van der Waals surface area (Å²) in [6, 6.07) is 12.4. The van der Waals surface area contributed by atoms with Crippen molar-refractivity contribution in [1.29, 1.82) is 0 Å². The monoisotopic (exact) mass is 442 g/mol. The van der Waals surface area contributed by atoms with Crippen LogP contribution in [0.15, 0.2) is 48.5 Å². The van der Waals surface area contributed by atoms with E-state index in [1.807, 2.05) is 6.07 Å². The van der Waals surface area contributed by atoms with Crippen LogP contribution in [0.1, 0.15) is 44.6 Å². The number of benzene rings is 2. The molecule has 2 amide bonds. The first kappa shape index (κ1) is 23.6. The van der Waals surface area contributed by atoms with E-state index in [1.165, 1.54) is 30.6 Å². The van der Waals surface area contributed by atoms with Gasteiger partial charge in [0.05, 0.1) is 7.11 Å². The lowest BCUT2D eigenvalue weighted by Crippen LogP contribution is -2.51. The van der Waals surface area contributed by atoms with E-state index in [1.54, 1.807) is 37.3 Å². The Morgan fingerprint density at radius 2 is 1.72 bits per heavy atom. The Bertz CT molecular complexity index is 897. The summed E-state index contributed by atoms with van der Waals surface area (Å²) in [5.41, 5.74) is 0.731. The van der Waals surface area contributed by atoms with E-state index in [2.05, 4.69) is 5.32 Å². The highest BCUT2D eigenvalue weighted by molar-refractivity contribution is 5.88. The fourth-order valence-corrected chi connectivity index (χ4v) is 3.90. The first-order chi connectivity index (χ1) is 15.5. The van der Waals surface area contributed by atoms with Crippen LogP contribution in [0.2, 0.25) is 0 Å². The van der Waals surface area contributed by atoms with Crippen LogP contribution in [-0.2, 0) is 16.1 Å². The summed E-state index contributed by atoms with van der Waals surface area (Å²) in [5.74, 6) is 0.0864. The van der Waals surface area contributed by atoms with Crippen LogP contribution in [0.25, 0.3) is 0 Å². The SMILES string of the molecule is COc1ccccc1OCC(=O)N(Cc1ccc(F)cc1)[C@H](C)C(=O)NC1CCCCC1. The summed E-state index contributed by atoms with van der Waals surface area (Å²) >= 11 is 0. The maximum atomic E-state index is 13.3. The van der Waals surface area contributed by atoms with Crippen LogP contribution in [-0.4, -0.2) is 42.5 Å². The van der Waals surface area contributed by atoms with Crippen LogP contribution < -0.4 is 14.8 Å². The highest BCUT2D eigenvalue weighted by atomic mass is 19.1. The molecule has 0 unspecified atom stereocenters. The predicted octanol–water partition coefficient (Wildman–Crippen LogP) is 4.08. The number of amides is 2. The summed E-state index contributed by atoms with van der Waals surface area (Å²) in [6.45, 7) is 1.64. The molecule has 2 aromatic rings. The van der Waals surface area contributed by atoms with Gasteiger partial charge in [0.15, 0.2) is 18.1 Å². The van der Waals surface area contributed by atoms with E-state index < -0.39 is 6.04 Å². The normalized spacial score (nSPS) is 15.0. The van der Waals surface area contributed by atoms with Crippen molar-refractivity contribution >= 4 is 11.8 Å². The van der Waals surface area contributed by atoms with Gasteiger partial charge in [-0.15, -0.1) is 0 Å². The van der Waals surface area contributed by atoms with E-state index >= 15 is 0 Å². The van der Waals surface area contributed by atoms with Gasteiger partial charge >= 0.3 is 0 Å². The molecule has 172 valence electrons. The van der Waals surface area contributed by atoms with Gasteiger partial charge in [-0.3, -0.25) is 9.59 Å². The molecule has 3 rings (SSSR count). The Hall–Kier alpha value is -3.09. The summed E-state index contributed by atoms with van der Waals surface area (Å²) in [6.07, 6.45) is 5.31. The van der Waals surface area contributed by atoms with E-state index in [0.29, 0.717) is 11.5 Å². The van der Waals surface area contributed by atoms with Crippen molar-refractivity contribution in [3.63, 3.8) is 0 Å². The lowest BCUT2D eigenvalue weighted by atomic mass is 9.95. The van der Waals surface area contributed by atoms with E-state index in [0.717, 1.165) is 31.2 Å². The molecular weight excluding hydrogens is 411 g/mol. The van der Waals surface area contributed by atoms with Gasteiger partial charge in [-0.1, -0.05) is 43.5 Å². The quantitative estimate of drug-likeness (QED) is 0.636. The van der Waals surface area contributed by atoms with Crippen LogP contribution >= 0.6 is 0 Å². The van der Waals surface area contributed by atoms with Gasteiger partial charge in [-0.05, 0) is 49.6 Å². The molecule has 0 aliphatic heterocycles. The average molecular weight is 443 g/mol. The minimum atomic E-state index is -0.698. The molecule has 1 saturated carbocycles. The fraction of sp³-hybridized carbons (Fsp3) is 0.440. The van der Waals surface area contributed by atoms with Crippen LogP contribution in [0.4, 0.5) is 4.39 Å².